The summed E-state index contributed by atoms with van der Waals surface area (Å²) in [4.78, 5) is 60.8. The Morgan fingerprint density at radius 1 is 1.10 bits per heavy atom. The number of esters is 4. The maximum atomic E-state index is 12.2. The molecule has 0 bridgehead atoms. The number of nitrogens with zero attached hydrogens (tertiary/aromatic N) is 1. The predicted octanol–water partition coefficient (Wildman–Crippen LogP) is -0.0547. The van der Waals surface area contributed by atoms with Gasteiger partial charge in [0.05, 0.1) is 13.5 Å². The van der Waals surface area contributed by atoms with Gasteiger partial charge in [0.1, 0.15) is 12.7 Å². The molecule has 13 heteroatoms. The van der Waals surface area contributed by atoms with E-state index in [0.717, 1.165) is 13.8 Å². The Morgan fingerprint density at radius 2 is 1.71 bits per heavy atom. The standard InChI is InChI=1S/C18H22N2O10S/c1-8(21)27-7-12-14(28-9(2)22)15(29-10(3)23)17(30-12)20-6-11(5-13(24)26-4)16(25)19-18(20)31/h6,12,14-15,17H,5,7H2,1-4H3,(H,19,25,31)/t12-,14-,15-,17-/m1/s1. The lowest BCUT2D eigenvalue weighted by Crippen LogP contribution is -2.40. The van der Waals surface area contributed by atoms with Crippen molar-refractivity contribution in [3.8, 4) is 0 Å². The van der Waals surface area contributed by atoms with Gasteiger partial charge in [-0.05, 0) is 12.2 Å². The molecule has 0 amide bonds. The third-order valence-electron chi connectivity index (χ3n) is 4.22. The summed E-state index contributed by atoms with van der Waals surface area (Å²) in [6.07, 6.45) is -3.57. The van der Waals surface area contributed by atoms with Crippen LogP contribution in [0.3, 0.4) is 0 Å². The Balaban J connectivity index is 2.51. The van der Waals surface area contributed by atoms with Crippen LogP contribution in [0.1, 0.15) is 32.6 Å². The number of ether oxygens (including phenoxy) is 5. The number of carbonyl (C=O) groups is 4. The summed E-state index contributed by atoms with van der Waals surface area (Å²) in [6.45, 7) is 3.19. The molecule has 0 saturated carbocycles. The molecule has 1 aliphatic heterocycles. The highest BCUT2D eigenvalue weighted by Crippen LogP contribution is 2.34. The van der Waals surface area contributed by atoms with Crippen molar-refractivity contribution in [3.63, 3.8) is 0 Å². The van der Waals surface area contributed by atoms with E-state index >= 15 is 0 Å². The van der Waals surface area contributed by atoms with E-state index in [4.69, 9.17) is 31.2 Å². The van der Waals surface area contributed by atoms with Gasteiger partial charge in [-0.15, -0.1) is 0 Å². The Morgan fingerprint density at radius 3 is 2.26 bits per heavy atom. The van der Waals surface area contributed by atoms with Crippen molar-refractivity contribution in [2.75, 3.05) is 13.7 Å². The maximum absolute atomic E-state index is 12.2. The van der Waals surface area contributed by atoms with Gasteiger partial charge in [-0.2, -0.15) is 0 Å². The topological polar surface area (TPSA) is 152 Å². The van der Waals surface area contributed by atoms with Crippen LogP contribution >= 0.6 is 12.2 Å². The molecule has 4 atom stereocenters. The van der Waals surface area contributed by atoms with Crippen molar-refractivity contribution in [1.82, 2.24) is 9.55 Å². The number of aromatic nitrogens is 2. The van der Waals surface area contributed by atoms with Crippen LogP contribution in [-0.2, 0) is 49.3 Å². The Kier molecular flexibility index (Phi) is 8.05. The van der Waals surface area contributed by atoms with Gasteiger partial charge in [0.25, 0.3) is 5.56 Å². The molecule has 1 aromatic rings. The molecule has 1 aromatic heterocycles. The SMILES string of the molecule is COC(=O)Cc1cn([C@@H]2O[C@H](COC(C)=O)[C@@H](OC(C)=O)[C@H]2OC(C)=O)c(=S)[nH]c1=O. The summed E-state index contributed by atoms with van der Waals surface area (Å²) in [6, 6.07) is 0. The average Bonchev–Trinajstić information content (AvgIpc) is 2.98. The van der Waals surface area contributed by atoms with Crippen molar-refractivity contribution >= 4 is 36.1 Å². The number of nitrogens with one attached hydrogen (secondary N) is 1. The van der Waals surface area contributed by atoms with Crippen LogP contribution in [0, 0.1) is 4.77 Å². The zero-order valence-electron chi connectivity index (χ0n) is 17.2. The van der Waals surface area contributed by atoms with Crippen LogP contribution in [-0.4, -0.2) is 65.5 Å². The predicted molar refractivity (Wildman–Crippen MR) is 103 cm³/mol. The molecular formula is C18H22N2O10S. The molecule has 2 heterocycles. The fourth-order valence-corrected chi connectivity index (χ4v) is 3.24. The fourth-order valence-electron chi connectivity index (χ4n) is 2.99. The molecule has 12 nitrogen and oxygen atoms in total. The second-order valence-electron chi connectivity index (χ2n) is 6.59. The minimum atomic E-state index is -1.19. The molecular weight excluding hydrogens is 436 g/mol. The molecule has 1 aliphatic rings. The van der Waals surface area contributed by atoms with Crippen molar-refractivity contribution in [1.29, 1.82) is 0 Å². The first-order valence-corrected chi connectivity index (χ1v) is 9.48. The Labute approximate surface area is 181 Å². The zero-order valence-corrected chi connectivity index (χ0v) is 18.1. The van der Waals surface area contributed by atoms with Crippen molar-refractivity contribution < 1.29 is 42.9 Å². The third-order valence-corrected chi connectivity index (χ3v) is 4.53. The molecule has 0 radical (unpaired) electrons. The number of H-pyrrole nitrogens is 1. The quantitative estimate of drug-likeness (QED) is 0.332. The molecule has 0 aliphatic carbocycles. The summed E-state index contributed by atoms with van der Waals surface area (Å²) < 4.78 is 27.2. The first-order valence-electron chi connectivity index (χ1n) is 9.08. The summed E-state index contributed by atoms with van der Waals surface area (Å²) in [5.74, 6) is -2.65. The summed E-state index contributed by atoms with van der Waals surface area (Å²) in [5, 5.41) is 0. The van der Waals surface area contributed by atoms with E-state index in [9.17, 15) is 24.0 Å². The number of hydrogen-bond donors (Lipinski definition) is 1. The van der Waals surface area contributed by atoms with Crippen LogP contribution in [0.15, 0.2) is 11.0 Å². The van der Waals surface area contributed by atoms with Gasteiger partial charge < -0.3 is 23.7 Å². The fraction of sp³-hybridized carbons (Fsp3) is 0.556. The normalized spacial score (nSPS) is 22.5. The Hall–Kier alpha value is -3.06. The van der Waals surface area contributed by atoms with Gasteiger partial charge in [0.15, 0.2) is 23.2 Å². The van der Waals surface area contributed by atoms with Crippen LogP contribution in [0.4, 0.5) is 0 Å². The second-order valence-corrected chi connectivity index (χ2v) is 6.98. The third kappa shape index (κ3) is 6.21. The molecule has 1 fully saturated rings. The highest BCUT2D eigenvalue weighted by molar-refractivity contribution is 7.71. The number of aromatic amines is 1. The number of hydrogen-bond acceptors (Lipinski definition) is 11. The number of rotatable bonds is 7. The first kappa shape index (κ1) is 24.2. The number of methoxy groups -OCH3 is 1. The smallest absolute Gasteiger partial charge is 0.310 e. The molecule has 0 unspecified atom stereocenters. The van der Waals surface area contributed by atoms with Crippen molar-refractivity contribution in [2.45, 2.75) is 51.7 Å². The lowest BCUT2D eigenvalue weighted by atomic mass is 10.1. The molecule has 1 saturated heterocycles. The van der Waals surface area contributed by atoms with Gasteiger partial charge in [-0.3, -0.25) is 33.5 Å². The molecule has 1 N–H and O–H groups in total. The second kappa shape index (κ2) is 10.3. The average molecular weight is 458 g/mol. The van der Waals surface area contributed by atoms with Crippen LogP contribution in [0.25, 0.3) is 0 Å². The van der Waals surface area contributed by atoms with E-state index in [1.54, 1.807) is 0 Å². The Bertz CT molecular complexity index is 984. The van der Waals surface area contributed by atoms with E-state index in [1.165, 1.54) is 24.8 Å². The van der Waals surface area contributed by atoms with Crippen molar-refractivity contribution in [2.24, 2.45) is 0 Å². The molecule has 0 spiro atoms. The summed E-state index contributed by atoms with van der Waals surface area (Å²) in [7, 11) is 1.17. The van der Waals surface area contributed by atoms with E-state index in [-0.39, 0.29) is 23.4 Å². The minimum absolute atomic E-state index is 0.0121. The minimum Gasteiger partial charge on any atom is -0.469 e. The monoisotopic (exact) mass is 458 g/mol. The van der Waals surface area contributed by atoms with Gasteiger partial charge in [0, 0.05) is 32.5 Å². The van der Waals surface area contributed by atoms with Gasteiger partial charge in [-0.1, -0.05) is 0 Å². The lowest BCUT2D eigenvalue weighted by molar-refractivity contribution is -0.166. The molecule has 170 valence electrons. The van der Waals surface area contributed by atoms with E-state index in [1.807, 2.05) is 0 Å². The zero-order chi connectivity index (χ0) is 23.3. The maximum Gasteiger partial charge on any atom is 0.310 e. The largest absolute Gasteiger partial charge is 0.469 e. The molecule has 31 heavy (non-hydrogen) atoms. The lowest BCUT2D eigenvalue weighted by Gasteiger charge is -2.24. The van der Waals surface area contributed by atoms with Crippen LogP contribution in [0.2, 0.25) is 0 Å². The number of carbonyl (C=O) groups excluding carboxylic acids is 4. The van der Waals surface area contributed by atoms with Gasteiger partial charge >= 0.3 is 23.9 Å². The first-order chi connectivity index (χ1) is 14.5. The summed E-state index contributed by atoms with van der Waals surface area (Å²) in [5.41, 5.74) is -0.597. The van der Waals surface area contributed by atoms with E-state index < -0.39 is 54.0 Å². The molecule has 2 rings (SSSR count). The van der Waals surface area contributed by atoms with Crippen LogP contribution in [0.5, 0.6) is 0 Å². The highest BCUT2D eigenvalue weighted by Gasteiger charge is 2.50. The van der Waals surface area contributed by atoms with Crippen LogP contribution < -0.4 is 5.56 Å². The van der Waals surface area contributed by atoms with E-state index in [2.05, 4.69) is 9.72 Å². The van der Waals surface area contributed by atoms with Crippen molar-refractivity contribution in [3.05, 3.63) is 26.9 Å². The van der Waals surface area contributed by atoms with E-state index in [0.29, 0.717) is 0 Å². The van der Waals surface area contributed by atoms with Gasteiger partial charge in [-0.25, -0.2) is 0 Å². The highest BCUT2D eigenvalue weighted by atomic mass is 32.1. The van der Waals surface area contributed by atoms with Gasteiger partial charge in [0.2, 0.25) is 0 Å². The molecule has 0 aromatic carbocycles. The summed E-state index contributed by atoms with van der Waals surface area (Å²) >= 11 is 5.19.